The van der Waals surface area contributed by atoms with Gasteiger partial charge in [0, 0.05) is 33.4 Å². The standard InChI is InChI=1S/C34H23N5O2S/c1-20-7-13-23(14-8-20)39(24-15-9-21(2)10-16-24)25-17-11-22(12-18-25)29-32-31(37-42-38-32)28(19-35-29)36-30-26-5-3-4-6-27(26)33(40)34(30)41/h3-19H,1-2H3. The van der Waals surface area contributed by atoms with Gasteiger partial charge in [-0.3, -0.25) is 14.6 Å². The number of benzene rings is 4. The SMILES string of the molecule is Cc1ccc(N(c2ccc(C)cc2)c2ccc(-c3ncc(N=c4c(=O)c(=O)c5ccccc45)c4nsnc34)cc2)cc1. The number of aromatic nitrogens is 3. The third kappa shape index (κ3) is 4.38. The van der Waals surface area contributed by atoms with Gasteiger partial charge >= 0.3 is 0 Å². The quantitative estimate of drug-likeness (QED) is 0.213. The molecule has 42 heavy (non-hydrogen) atoms. The highest BCUT2D eigenvalue weighted by Crippen LogP contribution is 2.37. The molecule has 8 heteroatoms. The van der Waals surface area contributed by atoms with Crippen LogP contribution in [-0.4, -0.2) is 13.7 Å². The first-order valence-corrected chi connectivity index (χ1v) is 14.1. The molecule has 0 N–H and O–H groups in total. The van der Waals surface area contributed by atoms with Gasteiger partial charge in [0.15, 0.2) is 0 Å². The van der Waals surface area contributed by atoms with Crippen molar-refractivity contribution < 1.29 is 0 Å². The smallest absolute Gasteiger partial charge is 0.252 e. The number of rotatable bonds is 5. The predicted molar refractivity (Wildman–Crippen MR) is 169 cm³/mol. The number of fused-ring (bicyclic) bond motifs is 2. The molecular weight excluding hydrogens is 542 g/mol. The lowest BCUT2D eigenvalue weighted by Gasteiger charge is -2.26. The van der Waals surface area contributed by atoms with E-state index in [-0.39, 0.29) is 5.36 Å². The van der Waals surface area contributed by atoms with Crippen molar-refractivity contribution in [1.29, 1.82) is 0 Å². The van der Waals surface area contributed by atoms with Gasteiger partial charge in [-0.25, -0.2) is 4.99 Å². The summed E-state index contributed by atoms with van der Waals surface area (Å²) in [6.07, 6.45) is 1.59. The lowest BCUT2D eigenvalue weighted by atomic mass is 10.1. The van der Waals surface area contributed by atoms with Gasteiger partial charge in [-0.1, -0.05) is 71.8 Å². The van der Waals surface area contributed by atoms with Crippen LogP contribution in [-0.2, 0) is 0 Å². The molecule has 7 nitrogen and oxygen atoms in total. The van der Waals surface area contributed by atoms with Crippen LogP contribution in [0.1, 0.15) is 11.1 Å². The maximum absolute atomic E-state index is 12.7. The summed E-state index contributed by atoms with van der Waals surface area (Å²) in [5.41, 5.74) is 7.42. The first-order valence-electron chi connectivity index (χ1n) is 13.4. The lowest BCUT2D eigenvalue weighted by molar-refractivity contribution is 1.26. The number of nitrogens with zero attached hydrogens (tertiary/aromatic N) is 5. The first kappa shape index (κ1) is 25.6. The van der Waals surface area contributed by atoms with Crippen molar-refractivity contribution in [2.45, 2.75) is 13.8 Å². The van der Waals surface area contributed by atoms with Crippen LogP contribution < -0.4 is 21.1 Å². The van der Waals surface area contributed by atoms with Crippen LogP contribution in [0.2, 0.25) is 0 Å². The number of anilines is 3. The number of hydrogen-bond donors (Lipinski definition) is 0. The van der Waals surface area contributed by atoms with Gasteiger partial charge in [0.1, 0.15) is 22.1 Å². The molecule has 0 saturated heterocycles. The van der Waals surface area contributed by atoms with Crippen molar-refractivity contribution >= 4 is 56.3 Å². The van der Waals surface area contributed by atoms with E-state index < -0.39 is 10.9 Å². The number of hydrogen-bond acceptors (Lipinski definition) is 8. The van der Waals surface area contributed by atoms with Crippen LogP contribution in [0.5, 0.6) is 0 Å². The molecule has 0 aliphatic rings. The summed E-state index contributed by atoms with van der Waals surface area (Å²) in [6, 6.07) is 32.0. The second-order valence-corrected chi connectivity index (χ2v) is 10.7. The van der Waals surface area contributed by atoms with Gasteiger partial charge in [-0.05, 0) is 50.2 Å². The Balaban J connectivity index is 1.30. The molecule has 0 bridgehead atoms. The highest BCUT2D eigenvalue weighted by Gasteiger charge is 2.17. The van der Waals surface area contributed by atoms with Gasteiger partial charge in [0.2, 0.25) is 5.43 Å². The topological polar surface area (TPSA) is 88.4 Å². The predicted octanol–water partition coefficient (Wildman–Crippen LogP) is 6.82. The van der Waals surface area contributed by atoms with Crippen LogP contribution >= 0.6 is 11.7 Å². The van der Waals surface area contributed by atoms with E-state index in [0.717, 1.165) is 34.4 Å². The van der Waals surface area contributed by atoms with Crippen LogP contribution in [0.25, 0.3) is 33.1 Å². The lowest BCUT2D eigenvalue weighted by Crippen LogP contribution is -2.30. The van der Waals surface area contributed by atoms with Crippen molar-refractivity contribution in [3.63, 3.8) is 0 Å². The molecule has 0 spiro atoms. The van der Waals surface area contributed by atoms with Gasteiger partial charge < -0.3 is 4.90 Å². The van der Waals surface area contributed by atoms with Crippen molar-refractivity contribution in [1.82, 2.24) is 13.7 Å². The molecule has 0 atom stereocenters. The number of pyridine rings is 1. The molecule has 0 amide bonds. The summed E-state index contributed by atoms with van der Waals surface area (Å²) in [6.45, 7) is 4.16. The molecule has 7 aromatic rings. The number of aryl methyl sites for hydroxylation is 2. The van der Waals surface area contributed by atoms with Crippen molar-refractivity contribution in [3.05, 3.63) is 140 Å². The van der Waals surface area contributed by atoms with E-state index in [0.29, 0.717) is 33.2 Å². The molecule has 7 rings (SSSR count). The summed E-state index contributed by atoms with van der Waals surface area (Å²) in [5, 5.41) is 0.996. The highest BCUT2D eigenvalue weighted by atomic mass is 32.1. The Morgan fingerprint density at radius 2 is 1.19 bits per heavy atom. The maximum atomic E-state index is 12.7. The fraction of sp³-hybridized carbons (Fsp3) is 0.0588. The largest absolute Gasteiger partial charge is 0.311 e. The third-order valence-electron chi connectivity index (χ3n) is 7.34. The maximum Gasteiger partial charge on any atom is 0.252 e. The zero-order chi connectivity index (χ0) is 28.8. The molecule has 202 valence electrons. The van der Waals surface area contributed by atoms with Crippen molar-refractivity contribution in [2.75, 3.05) is 4.90 Å². The fourth-order valence-corrected chi connectivity index (χ4v) is 5.68. The Bertz CT molecular complexity index is 2200. The molecule has 0 unspecified atom stereocenters. The zero-order valence-corrected chi connectivity index (χ0v) is 23.6. The normalized spacial score (nSPS) is 11.9. The Hall–Kier alpha value is -5.34. The molecule has 2 aromatic heterocycles. The molecule has 0 aliphatic heterocycles. The Labute approximate surface area is 244 Å². The average Bonchev–Trinajstić information content (AvgIpc) is 3.60. The van der Waals surface area contributed by atoms with Gasteiger partial charge in [-0.2, -0.15) is 8.75 Å². The second-order valence-electron chi connectivity index (χ2n) is 10.2. The Kier molecular flexibility index (Phi) is 6.25. The van der Waals surface area contributed by atoms with Gasteiger partial charge in [0.25, 0.3) is 5.43 Å². The Morgan fingerprint density at radius 1 is 0.643 bits per heavy atom. The Morgan fingerprint density at radius 3 is 1.81 bits per heavy atom. The van der Waals surface area contributed by atoms with E-state index in [1.54, 1.807) is 30.5 Å². The van der Waals surface area contributed by atoms with Crippen molar-refractivity contribution in [2.24, 2.45) is 4.99 Å². The minimum atomic E-state index is -0.626. The van der Waals surface area contributed by atoms with E-state index >= 15 is 0 Å². The second kappa shape index (κ2) is 10.2. The first-order chi connectivity index (χ1) is 20.5. The van der Waals surface area contributed by atoms with Gasteiger partial charge in [0.05, 0.1) is 23.6 Å². The minimum absolute atomic E-state index is 0.108. The van der Waals surface area contributed by atoms with E-state index in [1.807, 2.05) is 12.1 Å². The van der Waals surface area contributed by atoms with Crippen molar-refractivity contribution in [3.8, 4) is 11.3 Å². The summed E-state index contributed by atoms with van der Waals surface area (Å²) in [7, 11) is 0. The molecule has 0 aliphatic carbocycles. The zero-order valence-electron chi connectivity index (χ0n) is 22.8. The summed E-state index contributed by atoms with van der Waals surface area (Å²) in [5.74, 6) is 0. The molecule has 0 fully saturated rings. The molecule has 0 saturated carbocycles. The van der Waals surface area contributed by atoms with E-state index in [9.17, 15) is 9.59 Å². The molecule has 0 radical (unpaired) electrons. The summed E-state index contributed by atoms with van der Waals surface area (Å²) >= 11 is 1.06. The van der Waals surface area contributed by atoms with Crippen LogP contribution in [0.3, 0.4) is 0 Å². The van der Waals surface area contributed by atoms with E-state index in [4.69, 9.17) is 0 Å². The third-order valence-corrected chi connectivity index (χ3v) is 7.86. The monoisotopic (exact) mass is 565 g/mol. The van der Waals surface area contributed by atoms with E-state index in [2.05, 4.69) is 98.1 Å². The summed E-state index contributed by atoms with van der Waals surface area (Å²) < 4.78 is 8.98. The molecule has 5 aromatic carbocycles. The average molecular weight is 566 g/mol. The van der Waals surface area contributed by atoms with Gasteiger partial charge in [-0.15, -0.1) is 0 Å². The van der Waals surface area contributed by atoms with E-state index in [1.165, 1.54) is 11.1 Å². The minimum Gasteiger partial charge on any atom is -0.311 e. The summed E-state index contributed by atoms with van der Waals surface area (Å²) in [4.78, 5) is 36.6. The fourth-order valence-electron chi connectivity index (χ4n) is 5.13. The molecular formula is C34H23N5O2S. The highest BCUT2D eigenvalue weighted by molar-refractivity contribution is 7.00. The van der Waals surface area contributed by atoms with Crippen LogP contribution in [0.15, 0.2) is 118 Å². The van der Waals surface area contributed by atoms with Crippen LogP contribution in [0, 0.1) is 13.8 Å². The molecule has 2 heterocycles. The van der Waals surface area contributed by atoms with Crippen LogP contribution in [0.4, 0.5) is 22.7 Å².